The maximum atomic E-state index is 12.4. The van der Waals surface area contributed by atoms with E-state index in [-0.39, 0.29) is 12.0 Å². The van der Waals surface area contributed by atoms with E-state index >= 15 is 0 Å². The molecule has 0 aliphatic carbocycles. The Labute approximate surface area is 141 Å². The van der Waals surface area contributed by atoms with Crippen molar-refractivity contribution in [1.82, 2.24) is 14.9 Å². The van der Waals surface area contributed by atoms with E-state index in [0.29, 0.717) is 38.6 Å². The lowest BCUT2D eigenvalue weighted by molar-refractivity contribution is -0.139. The Morgan fingerprint density at radius 1 is 1.21 bits per heavy atom. The molecule has 1 N–H and O–H groups in total. The van der Waals surface area contributed by atoms with Gasteiger partial charge in [-0.05, 0) is 18.1 Å². The van der Waals surface area contributed by atoms with Crippen molar-refractivity contribution in [3.05, 3.63) is 54.4 Å². The third-order valence-corrected chi connectivity index (χ3v) is 4.01. The number of carbonyl (C=O) groups excluding carboxylic acids is 1. The number of ether oxygens (including phenoxy) is 1. The molecule has 0 spiro atoms. The number of nitrogens with one attached hydrogen (secondary N) is 1. The van der Waals surface area contributed by atoms with Crippen molar-refractivity contribution in [2.45, 2.75) is 18.9 Å². The lowest BCUT2D eigenvalue weighted by Gasteiger charge is -2.33. The van der Waals surface area contributed by atoms with E-state index in [1.807, 2.05) is 35.2 Å². The maximum absolute atomic E-state index is 12.4. The standard InChI is InChI=1S/C18H22N4O2/c23-17(8-4-9-19-18-20-10-5-11-21-18)22-12-13-24-16(14-22)15-6-2-1-3-7-15/h1-3,5-7,10-11,16H,4,8-9,12-14H2,(H,19,20,21)/t16-/m1/s1. The summed E-state index contributed by atoms with van der Waals surface area (Å²) in [5.41, 5.74) is 1.12. The summed E-state index contributed by atoms with van der Waals surface area (Å²) >= 11 is 0. The second-order valence-electron chi connectivity index (χ2n) is 5.71. The Balaban J connectivity index is 1.43. The molecule has 6 nitrogen and oxygen atoms in total. The highest BCUT2D eigenvalue weighted by atomic mass is 16.5. The summed E-state index contributed by atoms with van der Waals surface area (Å²) < 4.78 is 5.81. The molecule has 0 bridgehead atoms. The first kappa shape index (κ1) is 16.4. The summed E-state index contributed by atoms with van der Waals surface area (Å²) in [6.45, 7) is 2.55. The minimum Gasteiger partial charge on any atom is -0.370 e. The molecule has 126 valence electrons. The number of hydrogen-bond donors (Lipinski definition) is 1. The summed E-state index contributed by atoms with van der Waals surface area (Å²) in [5, 5.41) is 3.12. The fourth-order valence-corrected chi connectivity index (χ4v) is 2.73. The number of morpholine rings is 1. The van der Waals surface area contributed by atoms with Crippen LogP contribution in [0.4, 0.5) is 5.95 Å². The fourth-order valence-electron chi connectivity index (χ4n) is 2.73. The van der Waals surface area contributed by atoms with E-state index < -0.39 is 0 Å². The smallest absolute Gasteiger partial charge is 0.222 e. The number of amides is 1. The average molecular weight is 326 g/mol. The molecule has 1 fully saturated rings. The largest absolute Gasteiger partial charge is 0.370 e. The van der Waals surface area contributed by atoms with E-state index in [0.717, 1.165) is 12.0 Å². The fraction of sp³-hybridized carbons (Fsp3) is 0.389. The number of anilines is 1. The first-order chi connectivity index (χ1) is 11.8. The van der Waals surface area contributed by atoms with E-state index in [1.165, 1.54) is 0 Å². The van der Waals surface area contributed by atoms with Crippen LogP contribution < -0.4 is 5.32 Å². The molecule has 2 heterocycles. The Hall–Kier alpha value is -2.47. The molecule has 1 aromatic carbocycles. The number of nitrogens with zero attached hydrogens (tertiary/aromatic N) is 3. The van der Waals surface area contributed by atoms with Crippen LogP contribution in [0.15, 0.2) is 48.8 Å². The van der Waals surface area contributed by atoms with Gasteiger partial charge in [-0.25, -0.2) is 9.97 Å². The lowest BCUT2D eigenvalue weighted by atomic mass is 10.1. The van der Waals surface area contributed by atoms with Gasteiger partial charge in [-0.2, -0.15) is 0 Å². The predicted molar refractivity (Wildman–Crippen MR) is 91.5 cm³/mol. The van der Waals surface area contributed by atoms with E-state index in [9.17, 15) is 4.79 Å². The lowest BCUT2D eigenvalue weighted by Crippen LogP contribution is -2.42. The molecule has 3 rings (SSSR count). The van der Waals surface area contributed by atoms with Crippen LogP contribution in [0.2, 0.25) is 0 Å². The highest BCUT2D eigenvalue weighted by molar-refractivity contribution is 5.76. The molecule has 1 saturated heterocycles. The number of aromatic nitrogens is 2. The highest BCUT2D eigenvalue weighted by Gasteiger charge is 2.24. The Bertz CT molecular complexity index is 636. The van der Waals surface area contributed by atoms with Gasteiger partial charge < -0.3 is 15.0 Å². The Kier molecular flexibility index (Phi) is 5.74. The predicted octanol–water partition coefficient (Wildman–Crippen LogP) is 2.27. The van der Waals surface area contributed by atoms with Gasteiger partial charge in [-0.15, -0.1) is 0 Å². The molecule has 1 atom stereocenters. The van der Waals surface area contributed by atoms with E-state index in [4.69, 9.17) is 4.74 Å². The second kappa shape index (κ2) is 8.40. The molecular weight excluding hydrogens is 304 g/mol. The van der Waals surface area contributed by atoms with Crippen molar-refractivity contribution in [2.75, 3.05) is 31.6 Å². The zero-order valence-electron chi connectivity index (χ0n) is 13.6. The van der Waals surface area contributed by atoms with Gasteiger partial charge in [0, 0.05) is 31.9 Å². The van der Waals surface area contributed by atoms with Crippen molar-refractivity contribution in [2.24, 2.45) is 0 Å². The summed E-state index contributed by atoms with van der Waals surface area (Å²) in [4.78, 5) is 22.5. The number of carbonyl (C=O) groups is 1. The molecule has 1 aliphatic rings. The van der Waals surface area contributed by atoms with Crippen molar-refractivity contribution in [3.8, 4) is 0 Å². The summed E-state index contributed by atoms with van der Waals surface area (Å²) in [6.07, 6.45) is 4.63. The average Bonchev–Trinajstić information content (AvgIpc) is 2.67. The third-order valence-electron chi connectivity index (χ3n) is 4.01. The summed E-state index contributed by atoms with van der Waals surface area (Å²) in [7, 11) is 0. The molecule has 0 unspecified atom stereocenters. The Morgan fingerprint density at radius 2 is 2.00 bits per heavy atom. The van der Waals surface area contributed by atoms with Gasteiger partial charge in [0.05, 0.1) is 13.2 Å². The summed E-state index contributed by atoms with van der Waals surface area (Å²) in [5.74, 6) is 0.774. The maximum Gasteiger partial charge on any atom is 0.222 e. The Morgan fingerprint density at radius 3 is 2.79 bits per heavy atom. The van der Waals surface area contributed by atoms with Crippen LogP contribution in [-0.2, 0) is 9.53 Å². The molecule has 6 heteroatoms. The monoisotopic (exact) mass is 326 g/mol. The molecule has 24 heavy (non-hydrogen) atoms. The molecule has 2 aromatic rings. The minimum absolute atomic E-state index is 0.0280. The van der Waals surface area contributed by atoms with Gasteiger partial charge in [0.25, 0.3) is 0 Å². The van der Waals surface area contributed by atoms with Crippen molar-refractivity contribution in [3.63, 3.8) is 0 Å². The van der Waals surface area contributed by atoms with Crippen LogP contribution >= 0.6 is 0 Å². The zero-order valence-corrected chi connectivity index (χ0v) is 13.6. The number of benzene rings is 1. The zero-order chi connectivity index (χ0) is 16.6. The van der Waals surface area contributed by atoms with E-state index in [2.05, 4.69) is 15.3 Å². The van der Waals surface area contributed by atoms with Gasteiger partial charge in [0.2, 0.25) is 11.9 Å². The molecule has 1 aliphatic heterocycles. The third kappa shape index (κ3) is 4.52. The highest BCUT2D eigenvalue weighted by Crippen LogP contribution is 2.22. The summed E-state index contributed by atoms with van der Waals surface area (Å²) in [6, 6.07) is 11.8. The van der Waals surface area contributed by atoms with Gasteiger partial charge in [-0.3, -0.25) is 4.79 Å². The normalized spacial score (nSPS) is 17.5. The van der Waals surface area contributed by atoms with Crippen LogP contribution in [0.5, 0.6) is 0 Å². The van der Waals surface area contributed by atoms with Crippen molar-refractivity contribution >= 4 is 11.9 Å². The number of hydrogen-bond acceptors (Lipinski definition) is 5. The second-order valence-corrected chi connectivity index (χ2v) is 5.71. The molecule has 0 saturated carbocycles. The minimum atomic E-state index is -0.0280. The van der Waals surface area contributed by atoms with Crippen LogP contribution in [0, 0.1) is 0 Å². The van der Waals surface area contributed by atoms with E-state index in [1.54, 1.807) is 18.5 Å². The van der Waals surface area contributed by atoms with Crippen LogP contribution in [0.25, 0.3) is 0 Å². The molecular formula is C18H22N4O2. The van der Waals surface area contributed by atoms with Crippen molar-refractivity contribution in [1.29, 1.82) is 0 Å². The molecule has 0 radical (unpaired) electrons. The SMILES string of the molecule is O=C(CCCNc1ncccn1)N1CCO[C@@H](c2ccccc2)C1. The van der Waals surface area contributed by atoms with Crippen LogP contribution in [0.3, 0.4) is 0 Å². The quantitative estimate of drug-likeness (QED) is 0.825. The van der Waals surface area contributed by atoms with Crippen molar-refractivity contribution < 1.29 is 9.53 Å². The van der Waals surface area contributed by atoms with Crippen LogP contribution in [-0.4, -0.2) is 47.0 Å². The van der Waals surface area contributed by atoms with Gasteiger partial charge in [-0.1, -0.05) is 30.3 Å². The van der Waals surface area contributed by atoms with Gasteiger partial charge in [0.15, 0.2) is 0 Å². The first-order valence-electron chi connectivity index (χ1n) is 8.28. The van der Waals surface area contributed by atoms with Gasteiger partial charge >= 0.3 is 0 Å². The van der Waals surface area contributed by atoms with Crippen LogP contribution in [0.1, 0.15) is 24.5 Å². The van der Waals surface area contributed by atoms with Gasteiger partial charge in [0.1, 0.15) is 6.10 Å². The topological polar surface area (TPSA) is 67.4 Å². The molecule has 1 amide bonds. The number of rotatable bonds is 6. The molecule has 1 aromatic heterocycles. The first-order valence-corrected chi connectivity index (χ1v) is 8.28.